The summed E-state index contributed by atoms with van der Waals surface area (Å²) in [4.78, 5) is 15.6. The minimum Gasteiger partial charge on any atom is -0.481 e. The van der Waals surface area contributed by atoms with Crippen molar-refractivity contribution in [3.05, 3.63) is 53.7 Å². The molecule has 0 saturated carbocycles. The number of thiol groups is 1. The second kappa shape index (κ2) is 8.52. The Morgan fingerprint density at radius 2 is 1.77 bits per heavy atom. The highest BCUT2D eigenvalue weighted by Crippen LogP contribution is 2.22. The normalized spacial score (nSPS) is 13.9. The van der Waals surface area contributed by atoms with Gasteiger partial charge in [0.15, 0.2) is 0 Å². The number of benzene rings is 1. The number of pyridine rings is 1. The Balaban J connectivity index is 2.00. The second-order valence-corrected chi connectivity index (χ2v) is 8.26. The molecule has 9 heteroatoms. The molecule has 0 bridgehead atoms. The van der Waals surface area contributed by atoms with Gasteiger partial charge in [0.2, 0.25) is 10.0 Å². The van der Waals surface area contributed by atoms with E-state index in [1.54, 1.807) is 30.5 Å². The van der Waals surface area contributed by atoms with Crippen LogP contribution in [0.3, 0.4) is 0 Å². The number of hydrogen-bond donors (Lipinski definition) is 4. The van der Waals surface area contributed by atoms with Gasteiger partial charge in [0.25, 0.3) is 0 Å². The minimum absolute atomic E-state index is 0.0444. The Hall–Kier alpha value is -2.10. The summed E-state index contributed by atoms with van der Waals surface area (Å²) in [6, 6.07) is 9.60. The lowest BCUT2D eigenvalue weighted by atomic mass is 9.93. The smallest absolute Gasteiger partial charge is 0.307 e. The summed E-state index contributed by atoms with van der Waals surface area (Å²) in [5.41, 5.74) is 7.20. The van der Waals surface area contributed by atoms with Crippen LogP contribution in [0, 0.1) is 5.92 Å². The molecule has 140 valence electrons. The summed E-state index contributed by atoms with van der Waals surface area (Å²) in [7, 11) is -3.72. The van der Waals surface area contributed by atoms with E-state index in [1.807, 2.05) is 0 Å². The Morgan fingerprint density at radius 3 is 2.27 bits per heavy atom. The van der Waals surface area contributed by atoms with Crippen molar-refractivity contribution in [2.75, 3.05) is 5.73 Å². The van der Waals surface area contributed by atoms with Crippen LogP contribution in [0.5, 0.6) is 0 Å². The maximum atomic E-state index is 11.6. The number of aryl methyl sites for hydroxylation is 1. The molecule has 0 aliphatic rings. The molecule has 1 aromatic heterocycles. The van der Waals surface area contributed by atoms with Gasteiger partial charge < -0.3 is 10.8 Å². The largest absolute Gasteiger partial charge is 0.481 e. The number of nitrogens with zero attached hydrogens (tertiary/aromatic N) is 1. The quantitative estimate of drug-likeness (QED) is 0.500. The van der Waals surface area contributed by atoms with E-state index in [0.717, 1.165) is 11.1 Å². The predicted molar refractivity (Wildman–Crippen MR) is 102 cm³/mol. The average molecular weight is 396 g/mol. The van der Waals surface area contributed by atoms with Gasteiger partial charge in [-0.2, -0.15) is 12.6 Å². The number of aliphatic carboxylic acids is 1. The van der Waals surface area contributed by atoms with Crippen LogP contribution < -0.4 is 10.9 Å². The molecule has 0 saturated heterocycles. The van der Waals surface area contributed by atoms with Crippen LogP contribution in [0.1, 0.15) is 17.5 Å². The predicted octanol–water partition coefficient (Wildman–Crippen LogP) is 1.49. The molecular weight excluding hydrogens is 374 g/mol. The zero-order chi connectivity index (χ0) is 19.3. The fourth-order valence-electron chi connectivity index (χ4n) is 2.56. The van der Waals surface area contributed by atoms with Crippen LogP contribution in [-0.2, 0) is 27.7 Å². The molecule has 0 radical (unpaired) electrons. The van der Waals surface area contributed by atoms with E-state index in [0.29, 0.717) is 25.1 Å². The highest BCUT2D eigenvalue weighted by molar-refractivity contribution is 7.89. The number of hydrogen-bond acceptors (Lipinski definition) is 6. The first-order chi connectivity index (χ1) is 12.2. The lowest BCUT2D eigenvalue weighted by Gasteiger charge is -2.19. The number of sulfonamides is 1. The Bertz CT molecular complexity index is 853. The lowest BCUT2D eigenvalue weighted by Crippen LogP contribution is -2.27. The third-order valence-electron chi connectivity index (χ3n) is 4.07. The lowest BCUT2D eigenvalue weighted by molar-refractivity contribution is -0.141. The molecule has 1 heterocycles. The van der Waals surface area contributed by atoms with Gasteiger partial charge in [-0.1, -0.05) is 18.2 Å². The number of carbonyl (C=O) groups is 1. The first-order valence-corrected chi connectivity index (χ1v) is 9.96. The number of anilines is 1. The van der Waals surface area contributed by atoms with Crippen molar-refractivity contribution in [2.45, 2.75) is 29.4 Å². The van der Waals surface area contributed by atoms with Gasteiger partial charge in [0.1, 0.15) is 5.82 Å². The number of aromatic nitrogens is 1. The highest BCUT2D eigenvalue weighted by atomic mass is 32.2. The van der Waals surface area contributed by atoms with E-state index >= 15 is 0 Å². The Labute approximate surface area is 157 Å². The van der Waals surface area contributed by atoms with Gasteiger partial charge in [0, 0.05) is 11.4 Å². The van der Waals surface area contributed by atoms with Crippen molar-refractivity contribution in [2.24, 2.45) is 11.1 Å². The standard InChI is InChI=1S/C17H21N3O4S2/c18-16-8-4-12(10-20-16)9-14(17(21)22)15(25)7-3-11-1-5-13(6-2-11)26(19,23)24/h1-2,4-6,8,10,14-15,25H,3,7,9H2,(H2,18,20)(H,21,22)(H2,19,23,24). The maximum absolute atomic E-state index is 11.6. The van der Waals surface area contributed by atoms with E-state index in [1.165, 1.54) is 12.1 Å². The molecule has 7 nitrogen and oxygen atoms in total. The molecular formula is C17H21N3O4S2. The topological polar surface area (TPSA) is 136 Å². The van der Waals surface area contributed by atoms with Gasteiger partial charge in [-0.25, -0.2) is 18.5 Å². The van der Waals surface area contributed by atoms with Gasteiger partial charge in [-0.15, -0.1) is 0 Å². The summed E-state index contributed by atoms with van der Waals surface area (Å²) in [6.07, 6.45) is 2.97. The fraction of sp³-hybridized carbons (Fsp3) is 0.294. The molecule has 0 aliphatic carbocycles. The van der Waals surface area contributed by atoms with Crippen LogP contribution in [0.25, 0.3) is 0 Å². The molecule has 2 aromatic rings. The van der Waals surface area contributed by atoms with Crippen LogP contribution >= 0.6 is 12.6 Å². The summed E-state index contributed by atoms with van der Waals surface area (Å²) < 4.78 is 22.5. The molecule has 0 aliphatic heterocycles. The minimum atomic E-state index is -3.72. The van der Waals surface area contributed by atoms with Crippen LogP contribution in [0.2, 0.25) is 0 Å². The first kappa shape index (κ1) is 20.2. The molecule has 0 fully saturated rings. The van der Waals surface area contributed by atoms with Crippen LogP contribution in [0.15, 0.2) is 47.5 Å². The SMILES string of the molecule is Nc1ccc(CC(C(=O)O)C(S)CCc2ccc(S(N)(=O)=O)cc2)cn1. The molecule has 0 amide bonds. The van der Waals surface area contributed by atoms with Gasteiger partial charge in [0.05, 0.1) is 10.8 Å². The van der Waals surface area contributed by atoms with Crippen LogP contribution in [-0.4, -0.2) is 29.7 Å². The second-order valence-electron chi connectivity index (χ2n) is 6.04. The van der Waals surface area contributed by atoms with Crippen molar-refractivity contribution in [1.82, 2.24) is 4.98 Å². The van der Waals surface area contributed by atoms with E-state index in [2.05, 4.69) is 17.6 Å². The van der Waals surface area contributed by atoms with E-state index < -0.39 is 21.9 Å². The fourth-order valence-corrected chi connectivity index (χ4v) is 3.44. The summed E-state index contributed by atoms with van der Waals surface area (Å²) in [5.74, 6) is -1.22. The van der Waals surface area contributed by atoms with Crippen LogP contribution in [0.4, 0.5) is 5.82 Å². The summed E-state index contributed by atoms with van der Waals surface area (Å²) in [6.45, 7) is 0. The Morgan fingerprint density at radius 1 is 1.15 bits per heavy atom. The first-order valence-electron chi connectivity index (χ1n) is 7.90. The number of rotatable bonds is 8. The monoisotopic (exact) mass is 395 g/mol. The van der Waals surface area contributed by atoms with E-state index in [-0.39, 0.29) is 10.1 Å². The van der Waals surface area contributed by atoms with Crippen molar-refractivity contribution < 1.29 is 18.3 Å². The molecule has 5 N–H and O–H groups in total. The number of carboxylic acid groups (broad SMARTS) is 1. The third-order valence-corrected chi connectivity index (χ3v) is 5.61. The van der Waals surface area contributed by atoms with Gasteiger partial charge in [-0.3, -0.25) is 4.79 Å². The van der Waals surface area contributed by atoms with Gasteiger partial charge in [-0.05, 0) is 48.6 Å². The van der Waals surface area contributed by atoms with E-state index in [9.17, 15) is 18.3 Å². The third kappa shape index (κ3) is 5.72. The number of primary sulfonamides is 1. The van der Waals surface area contributed by atoms with Crippen molar-refractivity contribution >= 4 is 34.4 Å². The van der Waals surface area contributed by atoms with Gasteiger partial charge >= 0.3 is 5.97 Å². The maximum Gasteiger partial charge on any atom is 0.307 e. The zero-order valence-electron chi connectivity index (χ0n) is 13.9. The van der Waals surface area contributed by atoms with Crippen molar-refractivity contribution in [1.29, 1.82) is 0 Å². The number of nitrogens with two attached hydrogens (primary N) is 2. The summed E-state index contributed by atoms with van der Waals surface area (Å²) in [5, 5.41) is 14.2. The molecule has 2 atom stereocenters. The molecule has 2 unspecified atom stereocenters. The number of carboxylic acids is 1. The average Bonchev–Trinajstić information content (AvgIpc) is 2.58. The van der Waals surface area contributed by atoms with Crippen molar-refractivity contribution in [3.63, 3.8) is 0 Å². The Kier molecular flexibility index (Phi) is 6.63. The molecule has 0 spiro atoms. The number of nitrogen functional groups attached to an aromatic ring is 1. The molecule has 2 rings (SSSR count). The molecule has 26 heavy (non-hydrogen) atoms. The van der Waals surface area contributed by atoms with E-state index in [4.69, 9.17) is 10.9 Å². The summed E-state index contributed by atoms with van der Waals surface area (Å²) >= 11 is 4.47. The zero-order valence-corrected chi connectivity index (χ0v) is 15.7. The van der Waals surface area contributed by atoms with Crippen molar-refractivity contribution in [3.8, 4) is 0 Å². The highest BCUT2D eigenvalue weighted by Gasteiger charge is 2.25. The molecule has 1 aromatic carbocycles.